The van der Waals surface area contributed by atoms with Crippen LogP contribution in [-0.2, 0) is 16.1 Å². The molecule has 1 unspecified atom stereocenters. The number of hydrogen-bond acceptors (Lipinski definition) is 6. The summed E-state index contributed by atoms with van der Waals surface area (Å²) in [6.45, 7) is 2.14. The summed E-state index contributed by atoms with van der Waals surface area (Å²) in [6, 6.07) is 0.438. The molecule has 6 nitrogen and oxygen atoms in total. The van der Waals surface area contributed by atoms with Gasteiger partial charge in [-0.05, 0) is 25.7 Å². The third kappa shape index (κ3) is 3.27. The predicted molar refractivity (Wildman–Crippen MR) is 76.7 cm³/mol. The van der Waals surface area contributed by atoms with Crippen LogP contribution in [0.25, 0.3) is 0 Å². The van der Waals surface area contributed by atoms with E-state index in [4.69, 9.17) is 4.74 Å². The second-order valence-electron chi connectivity index (χ2n) is 5.49. The maximum atomic E-state index is 12.1. The first kappa shape index (κ1) is 13.8. The van der Waals surface area contributed by atoms with Crippen LogP contribution < -0.4 is 10.2 Å². The van der Waals surface area contributed by atoms with E-state index in [0.717, 1.165) is 49.7 Å². The molecule has 0 bridgehead atoms. The molecule has 110 valence electrons. The van der Waals surface area contributed by atoms with Gasteiger partial charge in [0, 0.05) is 37.8 Å². The van der Waals surface area contributed by atoms with Crippen LogP contribution in [0.2, 0.25) is 0 Å². The monoisotopic (exact) mass is 296 g/mol. The van der Waals surface area contributed by atoms with Gasteiger partial charge in [0.1, 0.15) is 6.61 Å². The Balaban J connectivity index is 1.59. The first-order chi connectivity index (χ1) is 9.76. The molecule has 1 saturated carbocycles. The topological polar surface area (TPSA) is 67.3 Å². The fourth-order valence-electron chi connectivity index (χ4n) is 2.47. The summed E-state index contributed by atoms with van der Waals surface area (Å²) in [5, 5.41) is 4.01. The van der Waals surface area contributed by atoms with E-state index in [1.165, 1.54) is 11.5 Å². The molecule has 1 N–H and O–H groups in total. The molecule has 0 spiro atoms. The summed E-state index contributed by atoms with van der Waals surface area (Å²) < 4.78 is 9.31. The van der Waals surface area contributed by atoms with Gasteiger partial charge >= 0.3 is 0 Å². The minimum absolute atomic E-state index is 0.0825. The number of hydrogen-bond donors (Lipinski definition) is 1. The Morgan fingerprint density at radius 1 is 1.50 bits per heavy atom. The smallest absolute Gasteiger partial charge is 0.225 e. The number of methoxy groups -OCH3 is 1. The molecule has 20 heavy (non-hydrogen) atoms. The van der Waals surface area contributed by atoms with Gasteiger partial charge in [-0.3, -0.25) is 4.79 Å². The van der Waals surface area contributed by atoms with Crippen molar-refractivity contribution in [3.63, 3.8) is 0 Å². The predicted octanol–water partition coefficient (Wildman–Crippen LogP) is 1.18. The van der Waals surface area contributed by atoms with E-state index in [-0.39, 0.29) is 11.8 Å². The van der Waals surface area contributed by atoms with Crippen LogP contribution >= 0.6 is 11.5 Å². The van der Waals surface area contributed by atoms with E-state index in [1.807, 2.05) is 0 Å². The minimum Gasteiger partial charge on any atom is -0.377 e. The molecule has 1 aromatic rings. The third-order valence-corrected chi connectivity index (χ3v) is 4.53. The van der Waals surface area contributed by atoms with Gasteiger partial charge in [-0.1, -0.05) is 0 Å². The maximum Gasteiger partial charge on any atom is 0.225 e. The summed E-state index contributed by atoms with van der Waals surface area (Å²) in [5.41, 5.74) is 0. The molecule has 1 aliphatic heterocycles. The number of anilines is 1. The van der Waals surface area contributed by atoms with Crippen LogP contribution in [-0.4, -0.2) is 41.5 Å². The van der Waals surface area contributed by atoms with Crippen molar-refractivity contribution < 1.29 is 9.53 Å². The van der Waals surface area contributed by atoms with Crippen LogP contribution in [0.1, 0.15) is 31.5 Å². The molecular formula is C13H20N4O2S. The van der Waals surface area contributed by atoms with Crippen molar-refractivity contribution >= 4 is 22.6 Å². The van der Waals surface area contributed by atoms with E-state index < -0.39 is 0 Å². The Hall–Kier alpha value is -1.21. The molecular weight excluding hydrogens is 276 g/mol. The summed E-state index contributed by atoms with van der Waals surface area (Å²) in [7, 11) is 1.64. The quantitative estimate of drug-likeness (QED) is 0.884. The van der Waals surface area contributed by atoms with Crippen molar-refractivity contribution in [2.24, 2.45) is 5.92 Å². The highest BCUT2D eigenvalue weighted by atomic mass is 32.1. The van der Waals surface area contributed by atoms with Gasteiger partial charge in [0.2, 0.25) is 11.0 Å². The Bertz CT molecular complexity index is 475. The van der Waals surface area contributed by atoms with Crippen molar-refractivity contribution in [3.8, 4) is 0 Å². The highest BCUT2D eigenvalue weighted by molar-refractivity contribution is 7.09. The summed E-state index contributed by atoms with van der Waals surface area (Å²) in [6.07, 6.45) is 4.28. The Morgan fingerprint density at radius 2 is 2.35 bits per heavy atom. The van der Waals surface area contributed by atoms with Crippen molar-refractivity contribution in [1.82, 2.24) is 14.7 Å². The molecule has 1 aromatic heterocycles. The average molecular weight is 296 g/mol. The number of rotatable bonds is 5. The van der Waals surface area contributed by atoms with E-state index >= 15 is 0 Å². The zero-order chi connectivity index (χ0) is 13.9. The van der Waals surface area contributed by atoms with Crippen molar-refractivity contribution in [2.45, 2.75) is 38.3 Å². The highest BCUT2D eigenvalue weighted by Gasteiger charge is 2.31. The number of nitrogens with one attached hydrogen (secondary N) is 1. The molecule has 1 amide bonds. The fourth-order valence-corrected chi connectivity index (χ4v) is 3.18. The van der Waals surface area contributed by atoms with Crippen LogP contribution in [0.15, 0.2) is 0 Å². The lowest BCUT2D eigenvalue weighted by molar-refractivity contribution is -0.125. The van der Waals surface area contributed by atoms with E-state index in [0.29, 0.717) is 12.6 Å². The molecule has 1 aliphatic carbocycles. The van der Waals surface area contributed by atoms with Gasteiger partial charge in [-0.25, -0.2) is 4.98 Å². The average Bonchev–Trinajstić information content (AvgIpc) is 3.15. The summed E-state index contributed by atoms with van der Waals surface area (Å²) >= 11 is 1.39. The summed E-state index contributed by atoms with van der Waals surface area (Å²) in [4.78, 5) is 18.8. The highest BCUT2D eigenvalue weighted by Crippen LogP contribution is 2.26. The second kappa shape index (κ2) is 6.05. The van der Waals surface area contributed by atoms with Crippen LogP contribution in [0, 0.1) is 5.92 Å². The zero-order valence-electron chi connectivity index (χ0n) is 11.7. The first-order valence-corrected chi connectivity index (χ1v) is 7.90. The number of aromatic nitrogens is 2. The molecule has 2 aliphatic rings. The van der Waals surface area contributed by atoms with Crippen LogP contribution in [0.5, 0.6) is 0 Å². The van der Waals surface area contributed by atoms with Gasteiger partial charge in [0.25, 0.3) is 0 Å². The Labute approximate surface area is 122 Å². The number of piperidine rings is 1. The molecule has 2 heterocycles. The molecule has 7 heteroatoms. The molecule has 3 rings (SSSR count). The van der Waals surface area contributed by atoms with E-state index in [1.54, 1.807) is 7.11 Å². The van der Waals surface area contributed by atoms with E-state index in [9.17, 15) is 4.79 Å². The van der Waals surface area contributed by atoms with Gasteiger partial charge in [0.15, 0.2) is 5.82 Å². The van der Waals surface area contributed by atoms with Gasteiger partial charge in [-0.2, -0.15) is 4.37 Å². The van der Waals surface area contributed by atoms with Crippen LogP contribution in [0.3, 0.4) is 0 Å². The fraction of sp³-hybridized carbons (Fsp3) is 0.769. The normalized spacial score (nSPS) is 22.9. The third-order valence-electron chi connectivity index (χ3n) is 3.72. The zero-order valence-corrected chi connectivity index (χ0v) is 12.5. The second-order valence-corrected chi connectivity index (χ2v) is 6.22. The van der Waals surface area contributed by atoms with Crippen LogP contribution in [0.4, 0.5) is 5.13 Å². The molecule has 2 fully saturated rings. The Morgan fingerprint density at radius 3 is 3.10 bits per heavy atom. The van der Waals surface area contributed by atoms with Gasteiger partial charge in [0.05, 0.1) is 5.92 Å². The van der Waals surface area contributed by atoms with Gasteiger partial charge in [-0.15, -0.1) is 0 Å². The molecule has 1 saturated heterocycles. The lowest BCUT2D eigenvalue weighted by Gasteiger charge is -2.31. The van der Waals surface area contributed by atoms with Crippen molar-refractivity contribution in [2.75, 3.05) is 25.1 Å². The SMILES string of the molecule is COCc1nsc(N2CCCC(C(=O)NC3CC3)C2)n1. The minimum atomic E-state index is 0.0825. The molecule has 1 atom stereocenters. The van der Waals surface area contributed by atoms with Crippen molar-refractivity contribution in [3.05, 3.63) is 5.82 Å². The number of amides is 1. The van der Waals surface area contributed by atoms with E-state index in [2.05, 4.69) is 19.6 Å². The molecule has 0 aromatic carbocycles. The lowest BCUT2D eigenvalue weighted by atomic mass is 9.97. The number of ether oxygens (including phenoxy) is 1. The summed E-state index contributed by atoms with van der Waals surface area (Å²) in [5.74, 6) is 1.01. The largest absolute Gasteiger partial charge is 0.377 e. The number of nitrogens with zero attached hydrogens (tertiary/aromatic N) is 3. The molecule has 0 radical (unpaired) electrons. The standard InChI is InChI=1S/C13H20N4O2S/c1-19-8-11-15-13(20-16-11)17-6-2-3-9(7-17)12(18)14-10-4-5-10/h9-10H,2-8H2,1H3,(H,14,18). The number of carbonyl (C=O) groups excluding carboxylic acids is 1. The maximum absolute atomic E-state index is 12.1. The lowest BCUT2D eigenvalue weighted by Crippen LogP contribution is -2.43. The first-order valence-electron chi connectivity index (χ1n) is 7.13. The van der Waals surface area contributed by atoms with Gasteiger partial charge < -0.3 is 15.0 Å². The van der Waals surface area contributed by atoms with Crippen molar-refractivity contribution in [1.29, 1.82) is 0 Å². The Kier molecular flexibility index (Phi) is 4.16. The number of carbonyl (C=O) groups is 1.